The fourth-order valence-electron chi connectivity index (χ4n) is 1.07. The largest absolute Gasteiger partial charge is 0.478 e. The zero-order chi connectivity index (χ0) is 11.4. The molecule has 1 N–H and O–H groups in total. The number of aliphatic carboxylic acids is 1. The number of carbonyl (C=O) groups is 1. The molecule has 0 bridgehead atoms. The van der Waals surface area contributed by atoms with Crippen molar-refractivity contribution >= 4 is 27.5 Å². The van der Waals surface area contributed by atoms with Crippen LogP contribution < -0.4 is 0 Å². The van der Waals surface area contributed by atoms with Crippen molar-refractivity contribution in [3.63, 3.8) is 0 Å². The predicted molar refractivity (Wildman–Crippen MR) is 61.2 cm³/mol. The van der Waals surface area contributed by atoms with E-state index in [0.717, 1.165) is 4.47 Å². The van der Waals surface area contributed by atoms with Crippen LogP contribution in [0.25, 0.3) is 5.57 Å². The summed E-state index contributed by atoms with van der Waals surface area (Å²) >= 11 is 3.25. The van der Waals surface area contributed by atoms with E-state index in [1.807, 2.05) is 0 Å². The molecule has 0 aliphatic heterocycles. The van der Waals surface area contributed by atoms with Gasteiger partial charge in [-0.15, -0.1) is 0 Å². The third kappa shape index (κ3) is 3.36. The van der Waals surface area contributed by atoms with Crippen LogP contribution in [0.2, 0.25) is 0 Å². The van der Waals surface area contributed by atoms with Crippen molar-refractivity contribution in [3.8, 4) is 0 Å². The number of carboxylic acids is 1. The Morgan fingerprint density at radius 2 is 2.20 bits per heavy atom. The lowest BCUT2D eigenvalue weighted by molar-refractivity contribution is -0.130. The molecule has 0 aliphatic carbocycles. The third-order valence-corrected chi connectivity index (χ3v) is 2.07. The van der Waals surface area contributed by atoms with Gasteiger partial charge in [0.1, 0.15) is 0 Å². The summed E-state index contributed by atoms with van der Waals surface area (Å²) in [5, 5.41) is 9.03. The third-order valence-electron chi connectivity index (χ3n) is 1.63. The van der Waals surface area contributed by atoms with E-state index in [2.05, 4.69) is 20.9 Å². The Morgan fingerprint density at radius 1 is 1.53 bits per heavy atom. The second kappa shape index (κ2) is 4.93. The van der Waals surface area contributed by atoms with Crippen molar-refractivity contribution in [1.82, 2.24) is 9.88 Å². The lowest BCUT2D eigenvalue weighted by Gasteiger charge is -2.08. The maximum Gasteiger partial charge on any atom is 0.337 e. The molecule has 0 radical (unpaired) electrons. The molecule has 0 amide bonds. The predicted octanol–water partition coefficient (Wildman–Crippen LogP) is 1.83. The van der Waals surface area contributed by atoms with E-state index in [9.17, 15) is 4.79 Å². The molecule has 1 rings (SSSR count). The fourth-order valence-corrected chi connectivity index (χ4v) is 1.44. The van der Waals surface area contributed by atoms with E-state index in [-0.39, 0.29) is 5.57 Å². The van der Waals surface area contributed by atoms with E-state index < -0.39 is 5.97 Å². The van der Waals surface area contributed by atoms with Gasteiger partial charge in [0.05, 0.1) is 5.57 Å². The van der Waals surface area contributed by atoms with E-state index in [1.165, 1.54) is 6.20 Å². The number of aromatic nitrogens is 1. The van der Waals surface area contributed by atoms with Gasteiger partial charge in [0.25, 0.3) is 0 Å². The topological polar surface area (TPSA) is 53.4 Å². The quantitative estimate of drug-likeness (QED) is 0.852. The average molecular weight is 271 g/mol. The molecule has 0 spiro atoms. The maximum atomic E-state index is 11.0. The summed E-state index contributed by atoms with van der Waals surface area (Å²) in [6.45, 7) is 0. The van der Waals surface area contributed by atoms with Gasteiger partial charge in [-0.25, -0.2) is 4.79 Å². The first-order valence-electron chi connectivity index (χ1n) is 4.23. The summed E-state index contributed by atoms with van der Waals surface area (Å²) in [5.41, 5.74) is 0.791. The molecule has 1 heterocycles. The van der Waals surface area contributed by atoms with Gasteiger partial charge in [-0.2, -0.15) is 0 Å². The van der Waals surface area contributed by atoms with Crippen molar-refractivity contribution in [2.45, 2.75) is 0 Å². The van der Waals surface area contributed by atoms with Crippen LogP contribution in [0.5, 0.6) is 0 Å². The average Bonchev–Trinajstić information content (AvgIpc) is 2.13. The van der Waals surface area contributed by atoms with E-state index in [1.54, 1.807) is 37.5 Å². The van der Waals surface area contributed by atoms with Crippen LogP contribution in [-0.2, 0) is 4.79 Å². The lowest BCUT2D eigenvalue weighted by atomic mass is 10.1. The number of pyridine rings is 1. The monoisotopic (exact) mass is 270 g/mol. The Hall–Kier alpha value is -1.36. The molecule has 1 aromatic heterocycles. The van der Waals surface area contributed by atoms with Crippen molar-refractivity contribution in [1.29, 1.82) is 0 Å². The van der Waals surface area contributed by atoms with Crippen molar-refractivity contribution in [2.24, 2.45) is 0 Å². The summed E-state index contributed by atoms with van der Waals surface area (Å²) in [6.07, 6.45) is 4.68. The second-order valence-electron chi connectivity index (χ2n) is 3.20. The number of hydrogen-bond acceptors (Lipinski definition) is 3. The number of hydrogen-bond donors (Lipinski definition) is 1. The first-order valence-corrected chi connectivity index (χ1v) is 5.02. The highest BCUT2D eigenvalue weighted by Gasteiger charge is 2.11. The van der Waals surface area contributed by atoms with Crippen LogP contribution in [0.3, 0.4) is 0 Å². The number of nitrogens with zero attached hydrogens (tertiary/aromatic N) is 2. The minimum absolute atomic E-state index is 0.216. The smallest absolute Gasteiger partial charge is 0.337 e. The maximum absolute atomic E-state index is 11.0. The van der Waals surface area contributed by atoms with Gasteiger partial charge in [0.2, 0.25) is 0 Å². The van der Waals surface area contributed by atoms with Crippen LogP contribution in [-0.4, -0.2) is 35.1 Å². The van der Waals surface area contributed by atoms with Crippen LogP contribution in [0.4, 0.5) is 0 Å². The van der Waals surface area contributed by atoms with Gasteiger partial charge < -0.3 is 10.0 Å². The van der Waals surface area contributed by atoms with E-state index in [0.29, 0.717) is 5.56 Å². The molecule has 0 fully saturated rings. The van der Waals surface area contributed by atoms with Crippen molar-refractivity contribution in [3.05, 3.63) is 34.7 Å². The molecule has 5 heteroatoms. The highest BCUT2D eigenvalue weighted by atomic mass is 79.9. The Morgan fingerprint density at radius 3 is 2.67 bits per heavy atom. The van der Waals surface area contributed by atoms with Crippen LogP contribution >= 0.6 is 15.9 Å². The molecular weight excluding hydrogens is 260 g/mol. The fraction of sp³-hybridized carbons (Fsp3) is 0.200. The molecule has 1 aromatic rings. The summed E-state index contributed by atoms with van der Waals surface area (Å²) in [4.78, 5) is 16.6. The summed E-state index contributed by atoms with van der Waals surface area (Å²) in [5.74, 6) is -0.969. The Bertz CT molecular complexity index is 402. The minimum atomic E-state index is -0.969. The van der Waals surface area contributed by atoms with Gasteiger partial charge in [0, 0.05) is 42.7 Å². The normalized spacial score (nSPS) is 11.3. The van der Waals surface area contributed by atoms with Gasteiger partial charge >= 0.3 is 5.97 Å². The molecule has 0 aromatic carbocycles. The van der Waals surface area contributed by atoms with Gasteiger partial charge in [-0.1, -0.05) is 0 Å². The Kier molecular flexibility index (Phi) is 3.85. The molecule has 0 unspecified atom stereocenters. The van der Waals surface area contributed by atoms with Gasteiger partial charge in [0.15, 0.2) is 0 Å². The van der Waals surface area contributed by atoms with E-state index in [4.69, 9.17) is 5.11 Å². The molecule has 0 saturated heterocycles. The molecular formula is C10H11BrN2O2. The van der Waals surface area contributed by atoms with Crippen LogP contribution in [0.1, 0.15) is 5.56 Å². The Labute approximate surface area is 96.4 Å². The highest BCUT2D eigenvalue weighted by molar-refractivity contribution is 9.10. The molecule has 0 atom stereocenters. The Balaban J connectivity index is 3.16. The SMILES string of the molecule is CN(C)/C=C(\C(=O)O)c1cncc(Br)c1. The molecule has 0 saturated carbocycles. The van der Waals surface area contributed by atoms with Gasteiger partial charge in [-0.3, -0.25) is 4.98 Å². The highest BCUT2D eigenvalue weighted by Crippen LogP contribution is 2.18. The molecule has 4 nitrogen and oxygen atoms in total. The first-order chi connectivity index (χ1) is 7.00. The summed E-state index contributed by atoms with van der Waals surface area (Å²) in [6, 6.07) is 1.72. The standard InChI is InChI=1S/C10H11BrN2O2/c1-13(2)6-9(10(14)15)7-3-8(11)5-12-4-7/h3-6H,1-2H3,(H,14,15)/b9-6-. The minimum Gasteiger partial charge on any atom is -0.478 e. The molecule has 0 aliphatic rings. The van der Waals surface area contributed by atoms with Crippen molar-refractivity contribution in [2.75, 3.05) is 14.1 Å². The molecule has 15 heavy (non-hydrogen) atoms. The molecule has 80 valence electrons. The van der Waals surface area contributed by atoms with E-state index >= 15 is 0 Å². The van der Waals surface area contributed by atoms with Gasteiger partial charge in [-0.05, 0) is 22.0 Å². The number of halogens is 1. The first kappa shape index (κ1) is 11.7. The summed E-state index contributed by atoms with van der Waals surface area (Å²) in [7, 11) is 3.54. The van der Waals surface area contributed by atoms with Crippen molar-refractivity contribution < 1.29 is 9.90 Å². The zero-order valence-corrected chi connectivity index (χ0v) is 10.0. The summed E-state index contributed by atoms with van der Waals surface area (Å²) < 4.78 is 0.755. The lowest BCUT2D eigenvalue weighted by Crippen LogP contribution is -2.08. The number of carboxylic acid groups (broad SMARTS) is 1. The second-order valence-corrected chi connectivity index (χ2v) is 4.12. The van der Waals surface area contributed by atoms with Crippen LogP contribution in [0, 0.1) is 0 Å². The zero-order valence-electron chi connectivity index (χ0n) is 8.44. The number of rotatable bonds is 3. The van der Waals surface area contributed by atoms with Crippen LogP contribution in [0.15, 0.2) is 29.1 Å².